The van der Waals surface area contributed by atoms with Gasteiger partial charge in [-0.25, -0.2) is 9.59 Å². The van der Waals surface area contributed by atoms with Gasteiger partial charge in [0.25, 0.3) is 0 Å². The Kier molecular flexibility index (Phi) is 18.1. The highest BCUT2D eigenvalue weighted by Crippen LogP contribution is 2.28. The molecule has 0 aliphatic rings. The average Bonchev–Trinajstić information content (AvgIpc) is 2.68. The fourth-order valence-corrected chi connectivity index (χ4v) is 3.25. The Morgan fingerprint density at radius 2 is 1.17 bits per heavy atom. The van der Waals surface area contributed by atoms with Crippen LogP contribution in [-0.4, -0.2) is 60.8 Å². The normalized spacial score (nSPS) is 11.7. The molecule has 0 aliphatic carbocycles. The second-order valence-corrected chi connectivity index (χ2v) is 7.54. The standard InChI is InChI=1S/C22H42O7/c1-3-5-7-9-11-13-22(21(25)26,14-12-10-8-6-4-2)29-18-17-27-15-16-28-19-20(23)24/h3-19H2,1-2H3,(H,23,24)(H,25,26). The van der Waals surface area contributed by atoms with Crippen LogP contribution < -0.4 is 0 Å². The van der Waals surface area contributed by atoms with Gasteiger partial charge in [-0.3, -0.25) is 0 Å². The highest BCUT2D eigenvalue weighted by atomic mass is 16.6. The predicted molar refractivity (Wildman–Crippen MR) is 112 cm³/mol. The van der Waals surface area contributed by atoms with Gasteiger partial charge < -0.3 is 24.4 Å². The first-order valence-corrected chi connectivity index (χ1v) is 11.2. The number of rotatable bonds is 22. The minimum atomic E-state index is -1.14. The largest absolute Gasteiger partial charge is 0.480 e. The maximum atomic E-state index is 12.1. The average molecular weight is 419 g/mol. The Hall–Kier alpha value is -1.18. The number of hydrogen-bond acceptors (Lipinski definition) is 5. The van der Waals surface area contributed by atoms with E-state index in [0.717, 1.165) is 51.4 Å². The maximum Gasteiger partial charge on any atom is 0.335 e. The fraction of sp³-hybridized carbons (Fsp3) is 0.909. The maximum absolute atomic E-state index is 12.1. The molecule has 7 nitrogen and oxygen atoms in total. The van der Waals surface area contributed by atoms with Crippen molar-refractivity contribution in [1.29, 1.82) is 0 Å². The van der Waals surface area contributed by atoms with Gasteiger partial charge in [0, 0.05) is 0 Å². The molecule has 0 spiro atoms. The lowest BCUT2D eigenvalue weighted by atomic mass is 9.89. The molecule has 0 aromatic heterocycles. The number of hydrogen-bond donors (Lipinski definition) is 2. The first-order valence-electron chi connectivity index (χ1n) is 11.2. The van der Waals surface area contributed by atoms with E-state index in [1.165, 1.54) is 12.8 Å². The van der Waals surface area contributed by atoms with Crippen molar-refractivity contribution in [1.82, 2.24) is 0 Å². The van der Waals surface area contributed by atoms with Crippen LogP contribution in [-0.2, 0) is 23.8 Å². The monoisotopic (exact) mass is 418 g/mol. The molecular formula is C22H42O7. The minimum absolute atomic E-state index is 0.186. The molecule has 0 saturated heterocycles. The van der Waals surface area contributed by atoms with E-state index in [2.05, 4.69) is 13.8 Å². The molecule has 0 unspecified atom stereocenters. The number of ether oxygens (including phenoxy) is 3. The summed E-state index contributed by atoms with van der Waals surface area (Å²) in [4.78, 5) is 22.4. The quantitative estimate of drug-likeness (QED) is 0.246. The molecule has 0 radical (unpaired) electrons. The van der Waals surface area contributed by atoms with Gasteiger partial charge in [0.05, 0.1) is 26.4 Å². The van der Waals surface area contributed by atoms with Gasteiger partial charge in [-0.2, -0.15) is 0 Å². The third-order valence-electron chi connectivity index (χ3n) is 4.96. The van der Waals surface area contributed by atoms with Crippen LogP contribution in [0, 0.1) is 0 Å². The number of unbranched alkanes of at least 4 members (excludes halogenated alkanes) is 8. The van der Waals surface area contributed by atoms with E-state index in [4.69, 9.17) is 19.3 Å². The highest BCUT2D eigenvalue weighted by molar-refractivity contribution is 5.77. The lowest BCUT2D eigenvalue weighted by Crippen LogP contribution is -2.42. The zero-order valence-electron chi connectivity index (χ0n) is 18.5. The van der Waals surface area contributed by atoms with E-state index in [1.54, 1.807) is 0 Å². The first-order chi connectivity index (χ1) is 14.0. The molecule has 0 atom stereocenters. The summed E-state index contributed by atoms with van der Waals surface area (Å²) < 4.78 is 16.2. The van der Waals surface area contributed by atoms with Gasteiger partial charge >= 0.3 is 11.9 Å². The van der Waals surface area contributed by atoms with Gasteiger partial charge in [-0.15, -0.1) is 0 Å². The zero-order chi connectivity index (χ0) is 21.8. The van der Waals surface area contributed by atoms with Crippen LogP contribution in [0.15, 0.2) is 0 Å². The number of aliphatic carboxylic acids is 2. The summed E-state index contributed by atoms with van der Waals surface area (Å²) in [5.41, 5.74) is -1.14. The lowest BCUT2D eigenvalue weighted by Gasteiger charge is -2.30. The Morgan fingerprint density at radius 1 is 0.690 bits per heavy atom. The molecule has 0 saturated carbocycles. The topological polar surface area (TPSA) is 102 Å². The summed E-state index contributed by atoms with van der Waals surface area (Å²) in [5.74, 6) is -1.90. The van der Waals surface area contributed by atoms with Crippen LogP contribution in [0.1, 0.15) is 90.9 Å². The Bertz CT molecular complexity index is 398. The Balaban J connectivity index is 4.41. The number of carbonyl (C=O) groups is 2. The molecule has 0 amide bonds. The van der Waals surface area contributed by atoms with Crippen molar-refractivity contribution < 1.29 is 34.0 Å². The molecule has 0 bridgehead atoms. The summed E-state index contributed by atoms with van der Waals surface area (Å²) >= 11 is 0. The molecule has 7 heteroatoms. The van der Waals surface area contributed by atoms with Gasteiger partial charge in [0.15, 0.2) is 5.60 Å². The van der Waals surface area contributed by atoms with E-state index in [0.29, 0.717) is 12.8 Å². The summed E-state index contributed by atoms with van der Waals surface area (Å²) in [6, 6.07) is 0. The van der Waals surface area contributed by atoms with Gasteiger partial charge in [0.1, 0.15) is 6.61 Å². The van der Waals surface area contributed by atoms with Gasteiger partial charge in [-0.05, 0) is 25.7 Å². The molecule has 0 aromatic carbocycles. The molecule has 0 aromatic rings. The first kappa shape index (κ1) is 27.8. The molecule has 0 rings (SSSR count). The molecule has 0 heterocycles. The fourth-order valence-electron chi connectivity index (χ4n) is 3.25. The molecular weight excluding hydrogens is 376 g/mol. The van der Waals surface area contributed by atoms with Crippen molar-refractivity contribution in [2.75, 3.05) is 33.0 Å². The molecule has 29 heavy (non-hydrogen) atoms. The van der Waals surface area contributed by atoms with Crippen LogP contribution in [0.2, 0.25) is 0 Å². The number of carboxylic acids is 2. The summed E-state index contributed by atoms with van der Waals surface area (Å²) in [6.45, 7) is 4.88. The van der Waals surface area contributed by atoms with Crippen molar-refractivity contribution in [3.63, 3.8) is 0 Å². The minimum Gasteiger partial charge on any atom is -0.480 e. The highest BCUT2D eigenvalue weighted by Gasteiger charge is 2.38. The molecule has 0 fully saturated rings. The van der Waals surface area contributed by atoms with E-state index in [1.807, 2.05) is 0 Å². The van der Waals surface area contributed by atoms with E-state index >= 15 is 0 Å². The second kappa shape index (κ2) is 18.8. The van der Waals surface area contributed by atoms with E-state index in [-0.39, 0.29) is 33.0 Å². The third kappa shape index (κ3) is 15.3. The summed E-state index contributed by atoms with van der Waals surface area (Å²) in [5, 5.41) is 18.4. The lowest BCUT2D eigenvalue weighted by molar-refractivity contribution is -0.171. The smallest absolute Gasteiger partial charge is 0.335 e. The summed E-state index contributed by atoms with van der Waals surface area (Å²) in [6.07, 6.45) is 11.7. The van der Waals surface area contributed by atoms with Crippen molar-refractivity contribution in [3.8, 4) is 0 Å². The van der Waals surface area contributed by atoms with Gasteiger partial charge in [-0.1, -0.05) is 65.2 Å². The predicted octanol–water partition coefficient (Wildman–Crippen LogP) is 4.67. The summed E-state index contributed by atoms with van der Waals surface area (Å²) in [7, 11) is 0. The van der Waals surface area contributed by atoms with Crippen LogP contribution >= 0.6 is 0 Å². The van der Waals surface area contributed by atoms with Crippen LogP contribution in [0.3, 0.4) is 0 Å². The van der Waals surface area contributed by atoms with Crippen molar-refractivity contribution in [3.05, 3.63) is 0 Å². The molecule has 172 valence electrons. The SMILES string of the molecule is CCCCCCCC(CCCCCCC)(OCCOCCOCC(=O)O)C(=O)O. The van der Waals surface area contributed by atoms with Crippen LogP contribution in [0.5, 0.6) is 0 Å². The van der Waals surface area contributed by atoms with Crippen molar-refractivity contribution in [2.24, 2.45) is 0 Å². The van der Waals surface area contributed by atoms with Gasteiger partial charge in [0.2, 0.25) is 0 Å². The zero-order valence-corrected chi connectivity index (χ0v) is 18.5. The van der Waals surface area contributed by atoms with Crippen molar-refractivity contribution >= 4 is 11.9 Å². The van der Waals surface area contributed by atoms with Crippen LogP contribution in [0.4, 0.5) is 0 Å². The second-order valence-electron chi connectivity index (χ2n) is 7.54. The van der Waals surface area contributed by atoms with E-state index < -0.39 is 17.5 Å². The van der Waals surface area contributed by atoms with E-state index in [9.17, 15) is 14.7 Å². The third-order valence-corrected chi connectivity index (χ3v) is 4.96. The molecule has 0 aliphatic heterocycles. The molecule has 2 N–H and O–H groups in total. The Morgan fingerprint density at radius 3 is 1.66 bits per heavy atom. The van der Waals surface area contributed by atoms with Crippen LogP contribution in [0.25, 0.3) is 0 Å². The van der Waals surface area contributed by atoms with Crippen molar-refractivity contribution in [2.45, 2.75) is 96.5 Å². The number of carboxylic acid groups (broad SMARTS) is 2. The Labute approximate surface area is 176 Å².